The second-order valence-electron chi connectivity index (χ2n) is 6.90. The van der Waals surface area contributed by atoms with Gasteiger partial charge in [0.2, 0.25) is 0 Å². The number of nitrogens with zero attached hydrogens (tertiary/aromatic N) is 3. The Morgan fingerprint density at radius 3 is 2.68 bits per heavy atom. The molecular formula is C18H37IN4O2. The molecule has 2 rings (SSSR count). The third kappa shape index (κ3) is 8.88. The minimum absolute atomic E-state index is 0. The molecule has 2 aliphatic heterocycles. The topological polar surface area (TPSA) is 49.3 Å². The lowest BCUT2D eigenvalue weighted by Crippen LogP contribution is -2.40. The minimum atomic E-state index is 0. The van der Waals surface area contributed by atoms with E-state index in [4.69, 9.17) is 9.47 Å². The first-order valence-electron chi connectivity index (χ1n) is 9.58. The van der Waals surface area contributed by atoms with E-state index in [0.717, 1.165) is 32.2 Å². The Morgan fingerprint density at radius 1 is 1.16 bits per heavy atom. The van der Waals surface area contributed by atoms with Crippen LogP contribution in [-0.4, -0.2) is 89.0 Å². The molecule has 7 heteroatoms. The summed E-state index contributed by atoms with van der Waals surface area (Å²) in [5.41, 5.74) is 0. The van der Waals surface area contributed by atoms with Crippen molar-refractivity contribution in [2.24, 2.45) is 10.9 Å². The van der Waals surface area contributed by atoms with Gasteiger partial charge in [-0.05, 0) is 51.7 Å². The van der Waals surface area contributed by atoms with Crippen molar-refractivity contribution >= 4 is 29.9 Å². The van der Waals surface area contributed by atoms with Crippen molar-refractivity contribution in [2.45, 2.75) is 32.1 Å². The molecule has 0 aromatic heterocycles. The van der Waals surface area contributed by atoms with Gasteiger partial charge in [-0.1, -0.05) is 0 Å². The van der Waals surface area contributed by atoms with E-state index in [9.17, 15) is 0 Å². The Hall–Kier alpha value is -0.120. The molecule has 2 saturated heterocycles. The van der Waals surface area contributed by atoms with Crippen LogP contribution in [0.5, 0.6) is 0 Å². The predicted molar refractivity (Wildman–Crippen MR) is 114 cm³/mol. The zero-order chi connectivity index (χ0) is 17.0. The van der Waals surface area contributed by atoms with Gasteiger partial charge in [0.15, 0.2) is 5.96 Å². The molecule has 0 saturated carbocycles. The zero-order valence-corrected chi connectivity index (χ0v) is 18.4. The van der Waals surface area contributed by atoms with Crippen LogP contribution in [-0.2, 0) is 9.47 Å². The maximum Gasteiger partial charge on any atom is 0.193 e. The molecule has 6 nitrogen and oxygen atoms in total. The summed E-state index contributed by atoms with van der Waals surface area (Å²) < 4.78 is 10.7. The van der Waals surface area contributed by atoms with Gasteiger partial charge in [-0.2, -0.15) is 0 Å². The van der Waals surface area contributed by atoms with Crippen molar-refractivity contribution in [2.75, 3.05) is 73.2 Å². The summed E-state index contributed by atoms with van der Waals surface area (Å²) in [6.45, 7) is 9.19. The number of nitrogens with one attached hydrogen (secondary N) is 1. The van der Waals surface area contributed by atoms with E-state index in [2.05, 4.69) is 20.1 Å². The highest BCUT2D eigenvalue weighted by molar-refractivity contribution is 14.0. The quantitative estimate of drug-likeness (QED) is 0.230. The molecule has 0 aromatic rings. The summed E-state index contributed by atoms with van der Waals surface area (Å²) in [4.78, 5) is 9.40. The number of halogens is 1. The molecule has 0 aliphatic carbocycles. The van der Waals surface area contributed by atoms with Gasteiger partial charge in [0.05, 0.1) is 19.8 Å². The molecule has 148 valence electrons. The molecule has 1 N–H and O–H groups in total. The van der Waals surface area contributed by atoms with Crippen LogP contribution in [0, 0.1) is 5.92 Å². The van der Waals surface area contributed by atoms with E-state index in [1.165, 1.54) is 51.7 Å². The van der Waals surface area contributed by atoms with Crippen molar-refractivity contribution in [1.82, 2.24) is 15.1 Å². The van der Waals surface area contributed by atoms with Crippen molar-refractivity contribution in [3.8, 4) is 0 Å². The number of ether oxygens (including phenoxy) is 2. The average Bonchev–Trinajstić information content (AvgIpc) is 3.27. The van der Waals surface area contributed by atoms with Crippen molar-refractivity contribution in [1.29, 1.82) is 0 Å². The summed E-state index contributed by atoms with van der Waals surface area (Å²) in [7, 11) is 3.59. The molecule has 2 fully saturated rings. The maximum atomic E-state index is 5.66. The van der Waals surface area contributed by atoms with Crippen LogP contribution in [0.25, 0.3) is 0 Å². The van der Waals surface area contributed by atoms with Gasteiger partial charge in [-0.3, -0.25) is 4.99 Å². The van der Waals surface area contributed by atoms with Gasteiger partial charge in [0.1, 0.15) is 0 Å². The lowest BCUT2D eigenvalue weighted by Gasteiger charge is -2.22. The monoisotopic (exact) mass is 468 g/mol. The third-order valence-corrected chi connectivity index (χ3v) is 4.97. The van der Waals surface area contributed by atoms with Gasteiger partial charge >= 0.3 is 0 Å². The number of unbranched alkanes of at least 4 members (excludes halogenated alkanes) is 1. The molecule has 2 heterocycles. The van der Waals surface area contributed by atoms with Gasteiger partial charge in [0, 0.05) is 39.7 Å². The molecule has 1 atom stereocenters. The molecule has 0 aromatic carbocycles. The summed E-state index contributed by atoms with van der Waals surface area (Å²) in [5, 5.41) is 3.53. The van der Waals surface area contributed by atoms with Gasteiger partial charge in [-0.25, -0.2) is 0 Å². The van der Waals surface area contributed by atoms with E-state index in [1.54, 1.807) is 7.11 Å². The number of hydrogen-bond acceptors (Lipinski definition) is 4. The number of guanidine groups is 1. The Balaban J connectivity index is 0.00000312. The Bertz CT molecular complexity index is 365. The summed E-state index contributed by atoms with van der Waals surface area (Å²) in [6, 6.07) is 0. The van der Waals surface area contributed by atoms with Crippen LogP contribution in [0.2, 0.25) is 0 Å². The molecule has 0 amide bonds. The normalized spacial score (nSPS) is 21.6. The fourth-order valence-corrected chi connectivity index (χ4v) is 3.55. The summed E-state index contributed by atoms with van der Waals surface area (Å²) in [5.74, 6) is 1.66. The highest BCUT2D eigenvalue weighted by Gasteiger charge is 2.24. The molecule has 0 spiro atoms. The Labute approximate surface area is 170 Å². The van der Waals surface area contributed by atoms with Gasteiger partial charge in [-0.15, -0.1) is 24.0 Å². The van der Waals surface area contributed by atoms with Crippen molar-refractivity contribution < 1.29 is 9.47 Å². The number of hydrogen-bond donors (Lipinski definition) is 1. The van der Waals surface area contributed by atoms with E-state index in [1.807, 2.05) is 7.05 Å². The fraction of sp³-hybridized carbons (Fsp3) is 0.944. The van der Waals surface area contributed by atoms with E-state index in [0.29, 0.717) is 19.1 Å². The lowest BCUT2D eigenvalue weighted by atomic mass is 10.1. The van der Waals surface area contributed by atoms with E-state index >= 15 is 0 Å². The molecule has 0 bridgehead atoms. The second kappa shape index (κ2) is 14.0. The fourth-order valence-electron chi connectivity index (χ4n) is 3.55. The standard InChI is InChI=1S/C18H36N4O2.HI/c1-19-18(20-8-3-4-9-21-10-5-6-11-21)22-12-7-17(15-22)16-24-14-13-23-2;/h17H,3-16H2,1-2H3,(H,19,20);1H. The summed E-state index contributed by atoms with van der Waals surface area (Å²) >= 11 is 0. The second-order valence-corrected chi connectivity index (χ2v) is 6.90. The largest absolute Gasteiger partial charge is 0.382 e. The van der Waals surface area contributed by atoms with E-state index in [-0.39, 0.29) is 24.0 Å². The Kier molecular flexibility index (Phi) is 12.8. The average molecular weight is 468 g/mol. The van der Waals surface area contributed by atoms with Crippen LogP contribution in [0.3, 0.4) is 0 Å². The first-order valence-corrected chi connectivity index (χ1v) is 9.58. The van der Waals surface area contributed by atoms with Crippen LogP contribution >= 0.6 is 24.0 Å². The van der Waals surface area contributed by atoms with Crippen LogP contribution < -0.4 is 5.32 Å². The molecular weight excluding hydrogens is 431 g/mol. The molecule has 2 aliphatic rings. The highest BCUT2D eigenvalue weighted by atomic mass is 127. The number of rotatable bonds is 10. The minimum Gasteiger partial charge on any atom is -0.382 e. The number of likely N-dealkylation sites (tertiary alicyclic amines) is 2. The number of methoxy groups -OCH3 is 1. The first-order chi connectivity index (χ1) is 11.8. The number of aliphatic imine (C=N–C) groups is 1. The molecule has 0 radical (unpaired) electrons. The zero-order valence-electron chi connectivity index (χ0n) is 16.0. The van der Waals surface area contributed by atoms with Crippen LogP contribution in [0.1, 0.15) is 32.1 Å². The van der Waals surface area contributed by atoms with Crippen molar-refractivity contribution in [3.05, 3.63) is 0 Å². The summed E-state index contributed by atoms with van der Waals surface area (Å²) in [6.07, 6.45) is 6.45. The lowest BCUT2D eigenvalue weighted by molar-refractivity contribution is 0.0536. The Morgan fingerprint density at radius 2 is 1.96 bits per heavy atom. The SMILES string of the molecule is CN=C(NCCCCN1CCCC1)N1CCC(COCCOC)C1.I. The van der Waals surface area contributed by atoms with Crippen LogP contribution in [0.4, 0.5) is 0 Å². The van der Waals surface area contributed by atoms with Crippen LogP contribution in [0.15, 0.2) is 4.99 Å². The molecule has 1 unspecified atom stereocenters. The highest BCUT2D eigenvalue weighted by Crippen LogP contribution is 2.16. The maximum absolute atomic E-state index is 5.66. The van der Waals surface area contributed by atoms with Gasteiger partial charge < -0.3 is 24.6 Å². The smallest absolute Gasteiger partial charge is 0.193 e. The van der Waals surface area contributed by atoms with Gasteiger partial charge in [0.25, 0.3) is 0 Å². The van der Waals surface area contributed by atoms with Crippen molar-refractivity contribution in [3.63, 3.8) is 0 Å². The third-order valence-electron chi connectivity index (χ3n) is 4.97. The molecule has 25 heavy (non-hydrogen) atoms. The first kappa shape index (κ1) is 22.9. The predicted octanol–water partition coefficient (Wildman–Crippen LogP) is 2.04. The van der Waals surface area contributed by atoms with E-state index < -0.39 is 0 Å².